The molecule has 0 aromatic heterocycles. The number of methoxy groups -OCH3 is 1. The molecule has 3 amide bonds. The molecule has 41 heavy (non-hydrogen) atoms. The average molecular weight is 564 g/mol. The lowest BCUT2D eigenvalue weighted by atomic mass is 10.1. The van der Waals surface area contributed by atoms with Crippen LogP contribution in [0.3, 0.4) is 0 Å². The van der Waals surface area contributed by atoms with Gasteiger partial charge in [0.1, 0.15) is 16.4 Å². The third-order valence-electron chi connectivity index (χ3n) is 6.51. The molecule has 0 aliphatic carbocycles. The van der Waals surface area contributed by atoms with E-state index in [0.717, 1.165) is 16.0 Å². The lowest BCUT2D eigenvalue weighted by Gasteiger charge is -2.15. The van der Waals surface area contributed by atoms with Gasteiger partial charge in [-0.3, -0.25) is 14.4 Å². The molecule has 7 nitrogen and oxygen atoms in total. The molecular weight excluding hydrogens is 534 g/mol. The number of thioether (sulfide) groups is 1. The molecule has 0 radical (unpaired) electrons. The maximum Gasteiger partial charge on any atom is 0.283 e. The van der Waals surface area contributed by atoms with Crippen molar-refractivity contribution in [2.45, 2.75) is 24.7 Å². The van der Waals surface area contributed by atoms with Crippen molar-refractivity contribution in [3.05, 3.63) is 125 Å². The number of imide groups is 1. The highest BCUT2D eigenvalue weighted by atomic mass is 32.2. The van der Waals surface area contributed by atoms with E-state index in [4.69, 9.17) is 4.74 Å². The van der Waals surface area contributed by atoms with Gasteiger partial charge in [-0.15, -0.1) is 0 Å². The van der Waals surface area contributed by atoms with Crippen molar-refractivity contribution in [1.82, 2.24) is 0 Å². The Morgan fingerprint density at radius 3 is 2.27 bits per heavy atom. The van der Waals surface area contributed by atoms with Crippen molar-refractivity contribution >= 4 is 46.5 Å². The van der Waals surface area contributed by atoms with Gasteiger partial charge in [-0.1, -0.05) is 65.9 Å². The predicted octanol–water partition coefficient (Wildman–Crippen LogP) is 6.56. The third-order valence-corrected chi connectivity index (χ3v) is 7.59. The first-order chi connectivity index (χ1) is 19.9. The van der Waals surface area contributed by atoms with Crippen molar-refractivity contribution in [2.24, 2.45) is 0 Å². The van der Waals surface area contributed by atoms with Crippen LogP contribution in [-0.2, 0) is 20.8 Å². The Bertz CT molecular complexity index is 1600. The van der Waals surface area contributed by atoms with E-state index in [9.17, 15) is 14.4 Å². The van der Waals surface area contributed by atoms with Gasteiger partial charge >= 0.3 is 0 Å². The molecule has 0 spiro atoms. The van der Waals surface area contributed by atoms with Crippen LogP contribution in [0.1, 0.15) is 17.5 Å². The third kappa shape index (κ3) is 6.67. The minimum absolute atomic E-state index is 0.102. The quantitative estimate of drug-likeness (QED) is 0.212. The Labute approximate surface area is 243 Å². The summed E-state index contributed by atoms with van der Waals surface area (Å²) in [6.45, 7) is 1.98. The summed E-state index contributed by atoms with van der Waals surface area (Å²) >= 11 is 1.18. The Kier molecular flexibility index (Phi) is 8.50. The molecule has 0 atom stereocenters. The Hall–Kier alpha value is -4.82. The van der Waals surface area contributed by atoms with Crippen molar-refractivity contribution in [3.8, 4) is 5.75 Å². The summed E-state index contributed by atoms with van der Waals surface area (Å²) in [5.41, 5.74) is 4.12. The van der Waals surface area contributed by atoms with Crippen LogP contribution >= 0.6 is 11.8 Å². The minimum atomic E-state index is -0.450. The lowest BCUT2D eigenvalue weighted by Crippen LogP contribution is -2.32. The lowest BCUT2D eigenvalue weighted by molar-refractivity contribution is -0.120. The molecule has 8 heteroatoms. The number of carbonyl (C=O) groups excluding carboxylic acids is 3. The Morgan fingerprint density at radius 1 is 0.829 bits per heavy atom. The van der Waals surface area contributed by atoms with Crippen LogP contribution in [0.2, 0.25) is 0 Å². The predicted molar refractivity (Wildman–Crippen MR) is 163 cm³/mol. The zero-order valence-electron chi connectivity index (χ0n) is 22.7. The van der Waals surface area contributed by atoms with Gasteiger partial charge in [0.2, 0.25) is 5.91 Å². The van der Waals surface area contributed by atoms with Crippen molar-refractivity contribution in [3.63, 3.8) is 0 Å². The molecule has 0 saturated carbocycles. The smallest absolute Gasteiger partial charge is 0.283 e. The number of amides is 3. The van der Waals surface area contributed by atoms with Gasteiger partial charge in [0.05, 0.1) is 12.8 Å². The zero-order valence-corrected chi connectivity index (χ0v) is 23.5. The first-order valence-electron chi connectivity index (χ1n) is 13.1. The Morgan fingerprint density at radius 2 is 1.56 bits per heavy atom. The number of carbonyl (C=O) groups is 3. The molecule has 2 N–H and O–H groups in total. The van der Waals surface area contributed by atoms with E-state index in [1.165, 1.54) is 11.8 Å². The number of hydrogen-bond acceptors (Lipinski definition) is 6. The monoisotopic (exact) mass is 563 g/mol. The highest BCUT2D eigenvalue weighted by molar-refractivity contribution is 8.04. The topological polar surface area (TPSA) is 87.7 Å². The fourth-order valence-electron chi connectivity index (χ4n) is 4.34. The maximum absolute atomic E-state index is 13.7. The minimum Gasteiger partial charge on any atom is -0.497 e. The molecule has 4 aromatic carbocycles. The van der Waals surface area contributed by atoms with Gasteiger partial charge in [-0.05, 0) is 73.5 Å². The summed E-state index contributed by atoms with van der Waals surface area (Å²) in [6, 6.07) is 31.5. The highest BCUT2D eigenvalue weighted by Gasteiger charge is 2.40. The van der Waals surface area contributed by atoms with Gasteiger partial charge in [0.25, 0.3) is 11.8 Å². The molecule has 1 aliphatic heterocycles. The molecule has 0 fully saturated rings. The number of anilines is 3. The molecule has 0 bridgehead atoms. The van der Waals surface area contributed by atoms with Gasteiger partial charge in [-0.25, -0.2) is 4.90 Å². The van der Waals surface area contributed by atoms with Crippen LogP contribution in [0, 0.1) is 6.92 Å². The van der Waals surface area contributed by atoms with Crippen LogP contribution in [0.15, 0.2) is 119 Å². The van der Waals surface area contributed by atoms with Gasteiger partial charge in [-0.2, -0.15) is 0 Å². The van der Waals surface area contributed by atoms with Crippen LogP contribution in [0.4, 0.5) is 17.1 Å². The fourth-order valence-corrected chi connectivity index (χ4v) is 5.33. The second-order valence-electron chi connectivity index (χ2n) is 9.50. The zero-order chi connectivity index (χ0) is 28.8. The summed E-state index contributed by atoms with van der Waals surface area (Å²) in [5, 5.41) is 6.11. The number of benzene rings is 4. The van der Waals surface area contributed by atoms with Crippen LogP contribution in [-0.4, -0.2) is 24.8 Å². The molecule has 206 valence electrons. The second-order valence-corrected chi connectivity index (χ2v) is 10.6. The number of rotatable bonds is 10. The first-order valence-corrected chi connectivity index (χ1v) is 14.0. The van der Waals surface area contributed by atoms with E-state index in [2.05, 4.69) is 10.6 Å². The largest absolute Gasteiger partial charge is 0.497 e. The first kappa shape index (κ1) is 27.7. The number of hydrogen-bond donors (Lipinski definition) is 2. The number of aryl methyl sites for hydroxylation is 2. The van der Waals surface area contributed by atoms with E-state index < -0.39 is 11.8 Å². The summed E-state index contributed by atoms with van der Waals surface area (Å²) in [7, 11) is 1.56. The number of nitrogens with zero attached hydrogens (tertiary/aromatic N) is 1. The number of nitrogens with one attached hydrogen (secondary N) is 2. The van der Waals surface area contributed by atoms with Crippen molar-refractivity contribution < 1.29 is 19.1 Å². The average Bonchev–Trinajstić information content (AvgIpc) is 3.21. The van der Waals surface area contributed by atoms with Crippen LogP contribution in [0.25, 0.3) is 0 Å². The van der Waals surface area contributed by atoms with E-state index in [0.29, 0.717) is 40.5 Å². The van der Waals surface area contributed by atoms with Gasteiger partial charge < -0.3 is 15.4 Å². The summed E-state index contributed by atoms with van der Waals surface area (Å²) in [6.07, 6.45) is 0.987. The summed E-state index contributed by atoms with van der Waals surface area (Å²) < 4.78 is 5.23. The normalized spacial score (nSPS) is 13.0. The van der Waals surface area contributed by atoms with Crippen molar-refractivity contribution in [1.29, 1.82) is 0 Å². The van der Waals surface area contributed by atoms with E-state index in [1.807, 2.05) is 73.7 Å². The van der Waals surface area contributed by atoms with Gasteiger partial charge in [0, 0.05) is 22.7 Å². The van der Waals surface area contributed by atoms with Crippen LogP contribution < -0.4 is 20.3 Å². The Balaban J connectivity index is 1.38. The van der Waals surface area contributed by atoms with E-state index in [-0.39, 0.29) is 16.5 Å². The molecule has 4 aromatic rings. The van der Waals surface area contributed by atoms with Gasteiger partial charge in [0.15, 0.2) is 0 Å². The SMILES string of the molecule is COc1ccc(N2C(=O)C(Nc3ccc(C)cc3)=C(Sc3cccc(NC(=O)CCc4ccccc4)c3)C2=O)cc1. The molecular formula is C33H29N3O4S. The highest BCUT2D eigenvalue weighted by Crippen LogP contribution is 2.39. The van der Waals surface area contributed by atoms with Crippen molar-refractivity contribution in [2.75, 3.05) is 22.6 Å². The number of ether oxygens (including phenoxy) is 1. The maximum atomic E-state index is 13.7. The van der Waals surface area contributed by atoms with Crippen LogP contribution in [0.5, 0.6) is 5.75 Å². The molecule has 1 heterocycles. The second kappa shape index (κ2) is 12.6. The summed E-state index contributed by atoms with van der Waals surface area (Å²) in [4.78, 5) is 42.1. The summed E-state index contributed by atoms with van der Waals surface area (Å²) in [5.74, 6) is -0.364. The molecule has 1 aliphatic rings. The molecule has 0 saturated heterocycles. The molecule has 0 unspecified atom stereocenters. The van der Waals surface area contributed by atoms with E-state index >= 15 is 0 Å². The standard InChI is InChI=1S/C33H29N3O4S/c1-22-11-14-24(15-12-22)35-30-31(33(39)36(32(30)38)26-16-18-27(40-2)19-17-26)41-28-10-6-9-25(21-28)34-29(37)20-13-23-7-4-3-5-8-23/h3-12,14-19,21,35H,13,20H2,1-2H3,(H,34,37). The fraction of sp³-hybridized carbons (Fsp3) is 0.121. The molecule has 5 rings (SSSR count). The van der Waals surface area contributed by atoms with E-state index in [1.54, 1.807) is 43.5 Å².